The van der Waals surface area contributed by atoms with Crippen LogP contribution in [0.1, 0.15) is 35.6 Å². The van der Waals surface area contributed by atoms with Crippen LogP contribution in [0.5, 0.6) is 0 Å². The van der Waals surface area contributed by atoms with E-state index in [1.807, 2.05) is 7.05 Å². The summed E-state index contributed by atoms with van der Waals surface area (Å²) in [6, 6.07) is 6.50. The Kier molecular flexibility index (Phi) is 3.72. The summed E-state index contributed by atoms with van der Waals surface area (Å²) in [6.45, 7) is 5.86. The van der Waals surface area contributed by atoms with E-state index >= 15 is 0 Å². The van der Waals surface area contributed by atoms with Crippen LogP contribution in [0.2, 0.25) is 0 Å². The highest BCUT2D eigenvalue weighted by molar-refractivity contribution is 5.77. The van der Waals surface area contributed by atoms with Crippen molar-refractivity contribution in [3.05, 3.63) is 35.0 Å². The molecule has 1 saturated heterocycles. The highest BCUT2D eigenvalue weighted by Gasteiger charge is 2.25. The van der Waals surface area contributed by atoms with Gasteiger partial charge in [0, 0.05) is 25.1 Å². The van der Waals surface area contributed by atoms with Crippen molar-refractivity contribution in [2.24, 2.45) is 7.05 Å². The molecule has 1 atom stereocenters. The highest BCUT2D eigenvalue weighted by Crippen LogP contribution is 2.37. The fraction of sp³-hybridized carbons (Fsp3) is 0.471. The van der Waals surface area contributed by atoms with Crippen molar-refractivity contribution in [3.63, 3.8) is 0 Å². The predicted octanol–water partition coefficient (Wildman–Crippen LogP) is 3.18. The summed E-state index contributed by atoms with van der Waals surface area (Å²) in [4.78, 5) is 0. The van der Waals surface area contributed by atoms with Gasteiger partial charge in [0.05, 0.1) is 12.3 Å². The van der Waals surface area contributed by atoms with Crippen LogP contribution in [0.4, 0.5) is 5.82 Å². The number of rotatable bonds is 2. The van der Waals surface area contributed by atoms with Gasteiger partial charge in [0.2, 0.25) is 0 Å². The average molecular weight is 285 g/mol. The molecule has 4 heteroatoms. The third kappa shape index (κ3) is 2.56. The minimum atomic E-state index is 0.346. The minimum absolute atomic E-state index is 0.346. The molecule has 1 fully saturated rings. The van der Waals surface area contributed by atoms with E-state index in [1.54, 1.807) is 4.68 Å². The van der Waals surface area contributed by atoms with Crippen LogP contribution in [-0.2, 0) is 11.8 Å². The number of aromatic nitrogens is 2. The second kappa shape index (κ2) is 5.53. The highest BCUT2D eigenvalue weighted by atomic mass is 16.5. The summed E-state index contributed by atoms with van der Waals surface area (Å²) in [5.41, 5.74) is 12.2. The third-order valence-electron chi connectivity index (χ3n) is 4.46. The normalized spacial score (nSPS) is 18.9. The molecule has 1 aromatic heterocycles. The summed E-state index contributed by atoms with van der Waals surface area (Å²) >= 11 is 0. The zero-order valence-corrected chi connectivity index (χ0v) is 13.0. The van der Waals surface area contributed by atoms with E-state index in [4.69, 9.17) is 10.5 Å². The number of benzene rings is 1. The van der Waals surface area contributed by atoms with Crippen LogP contribution in [0, 0.1) is 13.8 Å². The van der Waals surface area contributed by atoms with Gasteiger partial charge in [0.15, 0.2) is 0 Å². The van der Waals surface area contributed by atoms with Crippen molar-refractivity contribution in [1.82, 2.24) is 9.78 Å². The van der Waals surface area contributed by atoms with E-state index in [-0.39, 0.29) is 0 Å². The lowest BCUT2D eigenvalue weighted by molar-refractivity contribution is 0.0793. The summed E-state index contributed by atoms with van der Waals surface area (Å²) in [7, 11) is 1.91. The molecule has 0 saturated carbocycles. The van der Waals surface area contributed by atoms with Gasteiger partial charge in [-0.1, -0.05) is 18.2 Å². The second-order valence-electron chi connectivity index (χ2n) is 5.98. The number of nitrogens with zero attached hydrogens (tertiary/aromatic N) is 2. The van der Waals surface area contributed by atoms with E-state index in [9.17, 15) is 0 Å². The Bertz CT molecular complexity index is 654. The lowest BCUT2D eigenvalue weighted by Gasteiger charge is -2.21. The van der Waals surface area contributed by atoms with E-state index in [1.165, 1.54) is 11.1 Å². The molecule has 0 amide bonds. The monoisotopic (exact) mass is 285 g/mol. The van der Waals surface area contributed by atoms with Crippen LogP contribution >= 0.6 is 0 Å². The van der Waals surface area contributed by atoms with Crippen LogP contribution in [0.3, 0.4) is 0 Å². The maximum atomic E-state index is 6.29. The fourth-order valence-electron chi connectivity index (χ4n) is 2.99. The maximum Gasteiger partial charge on any atom is 0.129 e. The number of hydrogen-bond donors (Lipinski definition) is 1. The molecule has 0 spiro atoms. The van der Waals surface area contributed by atoms with Crippen LogP contribution in [0.15, 0.2) is 18.2 Å². The second-order valence-corrected chi connectivity index (χ2v) is 5.98. The van der Waals surface area contributed by atoms with E-state index in [0.29, 0.717) is 5.92 Å². The largest absolute Gasteiger partial charge is 0.383 e. The number of hydrogen-bond acceptors (Lipinski definition) is 3. The van der Waals surface area contributed by atoms with Crippen molar-refractivity contribution < 1.29 is 4.74 Å². The Morgan fingerprint density at radius 2 is 2.10 bits per heavy atom. The zero-order chi connectivity index (χ0) is 15.0. The lowest BCUT2D eigenvalue weighted by atomic mass is 9.91. The number of aryl methyl sites for hydroxylation is 3. The van der Waals surface area contributed by atoms with E-state index in [0.717, 1.165) is 48.7 Å². The van der Waals surface area contributed by atoms with Crippen molar-refractivity contribution in [2.45, 2.75) is 32.6 Å². The van der Waals surface area contributed by atoms with E-state index in [2.05, 4.69) is 37.1 Å². The smallest absolute Gasteiger partial charge is 0.129 e. The number of nitrogens with two attached hydrogens (primary N) is 1. The first-order chi connectivity index (χ1) is 10.1. The quantitative estimate of drug-likeness (QED) is 0.922. The minimum Gasteiger partial charge on any atom is -0.383 e. The Labute approximate surface area is 125 Å². The summed E-state index contributed by atoms with van der Waals surface area (Å²) in [6.07, 6.45) is 2.21. The molecular formula is C17H23N3O. The molecule has 4 nitrogen and oxygen atoms in total. The molecule has 2 heterocycles. The standard InChI is InChI=1S/C17H23N3O/c1-11-6-7-13(9-12(11)2)15-16(19-20(3)17(15)18)14-5-4-8-21-10-14/h6-7,9,14H,4-5,8,10,18H2,1-3H3. The van der Waals surface area contributed by atoms with Crippen molar-refractivity contribution >= 4 is 5.82 Å². The van der Waals surface area contributed by atoms with Crippen molar-refractivity contribution in [3.8, 4) is 11.1 Å². The molecule has 0 radical (unpaired) electrons. The van der Waals surface area contributed by atoms with Crippen molar-refractivity contribution in [1.29, 1.82) is 0 Å². The van der Waals surface area contributed by atoms with Gasteiger partial charge in [-0.15, -0.1) is 0 Å². The Hall–Kier alpha value is -1.81. The van der Waals surface area contributed by atoms with E-state index < -0.39 is 0 Å². The first-order valence-corrected chi connectivity index (χ1v) is 7.55. The fourth-order valence-corrected chi connectivity index (χ4v) is 2.99. The van der Waals surface area contributed by atoms with Gasteiger partial charge in [-0.25, -0.2) is 0 Å². The molecule has 1 unspecified atom stereocenters. The molecule has 112 valence electrons. The molecule has 2 aromatic rings. The van der Waals surface area contributed by atoms with Crippen LogP contribution < -0.4 is 5.73 Å². The number of ether oxygens (including phenoxy) is 1. The maximum absolute atomic E-state index is 6.29. The van der Waals surface area contributed by atoms with Gasteiger partial charge in [0.1, 0.15) is 5.82 Å². The molecule has 3 rings (SSSR count). The molecule has 1 aromatic carbocycles. The topological polar surface area (TPSA) is 53.1 Å². The third-order valence-corrected chi connectivity index (χ3v) is 4.46. The van der Waals surface area contributed by atoms with Gasteiger partial charge < -0.3 is 10.5 Å². The predicted molar refractivity (Wildman–Crippen MR) is 85.3 cm³/mol. The van der Waals surface area contributed by atoms with Crippen LogP contribution in [0.25, 0.3) is 11.1 Å². The van der Waals surface area contributed by atoms with Gasteiger partial charge >= 0.3 is 0 Å². The zero-order valence-electron chi connectivity index (χ0n) is 13.0. The Morgan fingerprint density at radius 1 is 1.29 bits per heavy atom. The molecule has 1 aliphatic rings. The van der Waals surface area contributed by atoms with Gasteiger partial charge in [-0.3, -0.25) is 4.68 Å². The summed E-state index contributed by atoms with van der Waals surface area (Å²) in [5.74, 6) is 1.08. The molecular weight excluding hydrogens is 262 g/mol. The molecule has 2 N–H and O–H groups in total. The van der Waals surface area contributed by atoms with Gasteiger partial charge in [-0.2, -0.15) is 5.10 Å². The number of anilines is 1. The molecule has 21 heavy (non-hydrogen) atoms. The SMILES string of the molecule is Cc1ccc(-c2c(C3CCCOC3)nn(C)c2N)cc1C. The first kappa shape index (κ1) is 14.1. The Morgan fingerprint density at radius 3 is 2.76 bits per heavy atom. The van der Waals surface area contributed by atoms with Gasteiger partial charge in [0.25, 0.3) is 0 Å². The summed E-state index contributed by atoms with van der Waals surface area (Å²) < 4.78 is 7.42. The van der Waals surface area contributed by atoms with Gasteiger partial charge in [-0.05, 0) is 43.4 Å². The number of nitrogen functional groups attached to an aromatic ring is 1. The van der Waals surface area contributed by atoms with Crippen molar-refractivity contribution in [2.75, 3.05) is 18.9 Å². The molecule has 0 bridgehead atoms. The summed E-state index contributed by atoms with van der Waals surface area (Å²) in [5, 5.41) is 4.67. The molecule has 1 aliphatic heterocycles. The lowest BCUT2D eigenvalue weighted by Crippen LogP contribution is -2.16. The first-order valence-electron chi connectivity index (χ1n) is 7.55. The van der Waals surface area contributed by atoms with Crippen LogP contribution in [-0.4, -0.2) is 23.0 Å². The molecule has 0 aliphatic carbocycles. The Balaban J connectivity index is 2.09. The average Bonchev–Trinajstić information content (AvgIpc) is 2.79.